The molecule has 1 heterocycles. The van der Waals surface area contributed by atoms with Gasteiger partial charge in [0, 0.05) is 16.9 Å². The van der Waals surface area contributed by atoms with Crippen LogP contribution in [0.4, 0.5) is 4.39 Å². The summed E-state index contributed by atoms with van der Waals surface area (Å²) in [4.78, 5) is 41.9. The van der Waals surface area contributed by atoms with Crippen LogP contribution in [0.2, 0.25) is 0 Å². The smallest absolute Gasteiger partial charge is 0.254 e. The van der Waals surface area contributed by atoms with Crippen LogP contribution in [-0.2, 0) is 22.6 Å². The minimum atomic E-state index is -1.64. The number of nitrogens with one attached hydrogen (secondary N) is 2. The van der Waals surface area contributed by atoms with E-state index in [0.29, 0.717) is 6.54 Å². The first-order valence-electron chi connectivity index (χ1n) is 13.5. The highest BCUT2D eigenvalue weighted by molar-refractivity contribution is 8.00. The summed E-state index contributed by atoms with van der Waals surface area (Å²) in [6.07, 6.45) is -1.49. The maximum Gasteiger partial charge on any atom is 0.254 e. The monoisotopic (exact) mass is 577 g/mol. The number of hydrogen-bond acceptors (Lipinski definition) is 5. The van der Waals surface area contributed by atoms with Gasteiger partial charge in [-0.2, -0.15) is 0 Å². The van der Waals surface area contributed by atoms with Crippen molar-refractivity contribution in [3.8, 4) is 0 Å². The summed E-state index contributed by atoms with van der Waals surface area (Å²) >= 11 is 1.45. The van der Waals surface area contributed by atoms with Gasteiger partial charge < -0.3 is 20.6 Å². The predicted octanol–water partition coefficient (Wildman–Crippen LogP) is 4.14. The first kappa shape index (κ1) is 30.3. The molecule has 1 aliphatic heterocycles. The third kappa shape index (κ3) is 6.97. The standard InChI is InChI=1S/C32H36FN3O4S/c1-20-11-8-9-14-23(20)18-34-30(39)28-32(3,4)41-19-36(28)31(40)27(37)26(17-22-12-6-5-7-13-22)35-29(38)24-15-10-16-25(33)21(24)2/h5-16,26-28,37H,17-19H2,1-4H3,(H,34,39)(H,35,38). The molecule has 1 aliphatic rings. The summed E-state index contributed by atoms with van der Waals surface area (Å²) in [6.45, 7) is 7.57. The van der Waals surface area contributed by atoms with E-state index in [1.165, 1.54) is 41.8 Å². The van der Waals surface area contributed by atoms with E-state index in [1.807, 2.05) is 75.4 Å². The molecule has 1 fully saturated rings. The Kier molecular flexibility index (Phi) is 9.50. The van der Waals surface area contributed by atoms with Crippen LogP contribution in [0.15, 0.2) is 72.8 Å². The Labute approximate surface area is 244 Å². The molecule has 3 amide bonds. The fourth-order valence-corrected chi connectivity index (χ4v) is 6.19. The fraction of sp³-hybridized carbons (Fsp3) is 0.344. The van der Waals surface area contributed by atoms with Crippen LogP contribution >= 0.6 is 11.8 Å². The van der Waals surface area contributed by atoms with Crippen LogP contribution in [0.1, 0.15) is 46.5 Å². The van der Waals surface area contributed by atoms with Crippen LogP contribution in [0, 0.1) is 19.7 Å². The molecule has 0 radical (unpaired) electrons. The largest absolute Gasteiger partial charge is 0.381 e. The van der Waals surface area contributed by atoms with Crippen LogP contribution in [-0.4, -0.2) is 56.5 Å². The zero-order valence-electron chi connectivity index (χ0n) is 23.7. The lowest BCUT2D eigenvalue weighted by molar-refractivity contribution is -0.147. The van der Waals surface area contributed by atoms with Crippen molar-refractivity contribution in [2.75, 3.05) is 5.88 Å². The summed E-state index contributed by atoms with van der Waals surface area (Å²) in [5.41, 5.74) is 3.11. The van der Waals surface area contributed by atoms with Gasteiger partial charge in [0.1, 0.15) is 11.9 Å². The number of aliphatic hydroxyl groups is 1. The van der Waals surface area contributed by atoms with Crippen molar-refractivity contribution in [3.63, 3.8) is 0 Å². The number of rotatable bonds is 9. The average molecular weight is 578 g/mol. The molecule has 41 heavy (non-hydrogen) atoms. The zero-order chi connectivity index (χ0) is 29.7. The van der Waals surface area contributed by atoms with E-state index in [4.69, 9.17) is 0 Å². The van der Waals surface area contributed by atoms with E-state index in [2.05, 4.69) is 10.6 Å². The zero-order valence-corrected chi connectivity index (χ0v) is 24.5. The van der Waals surface area contributed by atoms with Gasteiger partial charge in [-0.05, 0) is 68.5 Å². The van der Waals surface area contributed by atoms with E-state index in [0.717, 1.165) is 16.7 Å². The summed E-state index contributed by atoms with van der Waals surface area (Å²) in [5.74, 6) is -1.89. The molecular formula is C32H36FN3O4S. The molecule has 0 bridgehead atoms. The number of aryl methyl sites for hydroxylation is 1. The molecule has 9 heteroatoms. The Hall–Kier alpha value is -3.69. The van der Waals surface area contributed by atoms with Gasteiger partial charge in [-0.15, -0.1) is 11.8 Å². The van der Waals surface area contributed by atoms with Gasteiger partial charge >= 0.3 is 0 Å². The Morgan fingerprint density at radius 2 is 1.71 bits per heavy atom. The topological polar surface area (TPSA) is 98.7 Å². The fourth-order valence-electron chi connectivity index (χ4n) is 5.05. The maximum absolute atomic E-state index is 14.2. The molecule has 7 nitrogen and oxygen atoms in total. The lowest BCUT2D eigenvalue weighted by atomic mass is 9.96. The van der Waals surface area contributed by atoms with E-state index in [-0.39, 0.29) is 29.3 Å². The molecule has 3 atom stereocenters. The van der Waals surface area contributed by atoms with Gasteiger partial charge in [0.25, 0.3) is 11.8 Å². The molecule has 3 N–H and O–H groups in total. The molecule has 0 aromatic heterocycles. The van der Waals surface area contributed by atoms with Crippen molar-refractivity contribution >= 4 is 29.5 Å². The van der Waals surface area contributed by atoms with Crippen LogP contribution in [0.5, 0.6) is 0 Å². The molecule has 4 rings (SSSR count). The highest BCUT2D eigenvalue weighted by Crippen LogP contribution is 2.40. The number of hydrogen-bond donors (Lipinski definition) is 3. The van der Waals surface area contributed by atoms with Crippen molar-refractivity contribution in [1.29, 1.82) is 0 Å². The number of thioether (sulfide) groups is 1. The number of carbonyl (C=O) groups is 3. The van der Waals surface area contributed by atoms with Gasteiger partial charge in [-0.3, -0.25) is 14.4 Å². The first-order chi connectivity index (χ1) is 19.5. The van der Waals surface area contributed by atoms with Gasteiger partial charge in [0.05, 0.1) is 11.9 Å². The van der Waals surface area contributed by atoms with Gasteiger partial charge in [0.2, 0.25) is 5.91 Å². The van der Waals surface area contributed by atoms with Crippen molar-refractivity contribution in [3.05, 3.63) is 106 Å². The lowest BCUT2D eigenvalue weighted by Crippen LogP contribution is -2.58. The number of aliphatic hydroxyl groups excluding tert-OH is 1. The molecular weight excluding hydrogens is 541 g/mol. The Bertz CT molecular complexity index is 1420. The lowest BCUT2D eigenvalue weighted by Gasteiger charge is -2.33. The summed E-state index contributed by atoms with van der Waals surface area (Å²) in [7, 11) is 0. The maximum atomic E-state index is 14.2. The summed E-state index contributed by atoms with van der Waals surface area (Å²) < 4.78 is 13.6. The van der Waals surface area contributed by atoms with E-state index < -0.39 is 40.6 Å². The third-order valence-electron chi connectivity index (χ3n) is 7.55. The first-order valence-corrected chi connectivity index (χ1v) is 14.5. The number of nitrogens with zero attached hydrogens (tertiary/aromatic N) is 1. The normalized spacial score (nSPS) is 17.5. The Morgan fingerprint density at radius 3 is 2.41 bits per heavy atom. The molecule has 0 aliphatic carbocycles. The molecule has 0 spiro atoms. The molecule has 3 aromatic rings. The predicted molar refractivity (Wildman–Crippen MR) is 159 cm³/mol. The van der Waals surface area contributed by atoms with Gasteiger partial charge in [0.15, 0.2) is 6.10 Å². The molecule has 0 saturated carbocycles. The quantitative estimate of drug-likeness (QED) is 0.355. The van der Waals surface area contributed by atoms with E-state index >= 15 is 0 Å². The second-order valence-corrected chi connectivity index (χ2v) is 12.5. The SMILES string of the molecule is Cc1ccccc1CNC(=O)C1N(C(=O)C(O)C(Cc2ccccc2)NC(=O)c2cccc(F)c2C)CSC1(C)C. The third-order valence-corrected chi connectivity index (χ3v) is 8.93. The highest BCUT2D eigenvalue weighted by Gasteiger charge is 2.49. The van der Waals surface area contributed by atoms with Crippen molar-refractivity contribution < 1.29 is 23.9 Å². The Morgan fingerprint density at radius 1 is 1.02 bits per heavy atom. The summed E-state index contributed by atoms with van der Waals surface area (Å²) in [6, 6.07) is 19.3. The molecule has 3 unspecified atom stereocenters. The highest BCUT2D eigenvalue weighted by atomic mass is 32.2. The van der Waals surface area contributed by atoms with Crippen LogP contribution in [0.25, 0.3) is 0 Å². The molecule has 216 valence electrons. The number of benzene rings is 3. The van der Waals surface area contributed by atoms with Gasteiger partial charge in [-0.25, -0.2) is 4.39 Å². The second-order valence-electron chi connectivity index (χ2n) is 10.9. The number of halogens is 1. The van der Waals surface area contributed by atoms with Crippen molar-refractivity contribution in [2.24, 2.45) is 0 Å². The molecule has 1 saturated heterocycles. The van der Waals surface area contributed by atoms with Gasteiger partial charge in [-0.1, -0.05) is 60.7 Å². The van der Waals surface area contributed by atoms with Crippen LogP contribution in [0.3, 0.4) is 0 Å². The minimum Gasteiger partial charge on any atom is -0.381 e. The van der Waals surface area contributed by atoms with Crippen LogP contribution < -0.4 is 10.6 Å². The summed E-state index contributed by atoms with van der Waals surface area (Å²) in [5, 5.41) is 17.1. The van der Waals surface area contributed by atoms with Crippen molar-refractivity contribution in [2.45, 2.75) is 63.6 Å². The number of carbonyl (C=O) groups excluding carboxylic acids is 3. The van der Waals surface area contributed by atoms with E-state index in [9.17, 15) is 23.9 Å². The second kappa shape index (κ2) is 12.9. The Balaban J connectivity index is 1.56. The van der Waals surface area contributed by atoms with E-state index in [1.54, 1.807) is 0 Å². The number of amides is 3. The minimum absolute atomic E-state index is 0.119. The average Bonchev–Trinajstić information content (AvgIpc) is 3.28. The van der Waals surface area contributed by atoms with Crippen molar-refractivity contribution in [1.82, 2.24) is 15.5 Å². The molecule has 3 aromatic carbocycles.